The summed E-state index contributed by atoms with van der Waals surface area (Å²) in [7, 11) is 0. The third kappa shape index (κ3) is 2.75. The first kappa shape index (κ1) is 13.5. The van der Waals surface area contributed by atoms with E-state index in [2.05, 4.69) is 15.3 Å². The van der Waals surface area contributed by atoms with Crippen LogP contribution in [0.2, 0.25) is 0 Å². The third-order valence-electron chi connectivity index (χ3n) is 4.34. The SMILES string of the molecule is O=C(c1ccno1)N1CCC[C@@H](Cc2nc(C3CC3)no2)C1. The van der Waals surface area contributed by atoms with Crippen molar-refractivity contribution in [1.82, 2.24) is 20.2 Å². The van der Waals surface area contributed by atoms with Gasteiger partial charge in [0, 0.05) is 31.5 Å². The summed E-state index contributed by atoms with van der Waals surface area (Å²) in [6.07, 6.45) is 6.62. The van der Waals surface area contributed by atoms with E-state index in [0.29, 0.717) is 30.0 Å². The highest BCUT2D eigenvalue weighted by molar-refractivity contribution is 5.91. The van der Waals surface area contributed by atoms with E-state index in [1.807, 2.05) is 4.90 Å². The summed E-state index contributed by atoms with van der Waals surface area (Å²) < 4.78 is 10.3. The Morgan fingerprint density at radius 3 is 3.00 bits per heavy atom. The molecule has 7 heteroatoms. The Kier molecular flexibility index (Phi) is 3.40. The second-order valence-electron chi connectivity index (χ2n) is 6.16. The highest BCUT2D eigenvalue weighted by Crippen LogP contribution is 2.38. The van der Waals surface area contributed by atoms with Gasteiger partial charge in [0.25, 0.3) is 5.91 Å². The summed E-state index contributed by atoms with van der Waals surface area (Å²) in [6.45, 7) is 1.45. The highest BCUT2D eigenvalue weighted by Gasteiger charge is 2.30. The predicted molar refractivity (Wildman–Crippen MR) is 75.1 cm³/mol. The molecule has 1 aliphatic carbocycles. The second kappa shape index (κ2) is 5.55. The van der Waals surface area contributed by atoms with Gasteiger partial charge in [0.15, 0.2) is 5.82 Å². The van der Waals surface area contributed by atoms with E-state index >= 15 is 0 Å². The Morgan fingerprint density at radius 1 is 1.32 bits per heavy atom. The van der Waals surface area contributed by atoms with Crippen LogP contribution in [0.1, 0.15) is 53.9 Å². The maximum absolute atomic E-state index is 12.3. The van der Waals surface area contributed by atoms with Crippen molar-refractivity contribution in [2.75, 3.05) is 13.1 Å². The molecule has 0 bridgehead atoms. The van der Waals surface area contributed by atoms with Crippen LogP contribution < -0.4 is 0 Å². The molecule has 0 aromatic carbocycles. The largest absolute Gasteiger partial charge is 0.351 e. The van der Waals surface area contributed by atoms with Crippen LogP contribution in [0.5, 0.6) is 0 Å². The molecule has 0 unspecified atom stereocenters. The average molecular weight is 302 g/mol. The van der Waals surface area contributed by atoms with Gasteiger partial charge in [-0.1, -0.05) is 10.3 Å². The molecule has 1 saturated carbocycles. The van der Waals surface area contributed by atoms with E-state index in [4.69, 9.17) is 9.05 Å². The number of rotatable bonds is 4. The minimum absolute atomic E-state index is 0.0913. The number of likely N-dealkylation sites (tertiary alicyclic amines) is 1. The molecule has 22 heavy (non-hydrogen) atoms. The van der Waals surface area contributed by atoms with Crippen molar-refractivity contribution in [2.24, 2.45) is 5.92 Å². The predicted octanol–water partition coefficient (Wildman–Crippen LogP) is 2.03. The van der Waals surface area contributed by atoms with Gasteiger partial charge in [-0.25, -0.2) is 0 Å². The van der Waals surface area contributed by atoms with Crippen molar-refractivity contribution < 1.29 is 13.8 Å². The zero-order valence-corrected chi connectivity index (χ0v) is 12.3. The third-order valence-corrected chi connectivity index (χ3v) is 4.34. The summed E-state index contributed by atoms with van der Waals surface area (Å²) in [6, 6.07) is 1.60. The molecule has 116 valence electrons. The molecule has 0 radical (unpaired) electrons. The molecular weight excluding hydrogens is 284 g/mol. The lowest BCUT2D eigenvalue weighted by atomic mass is 9.94. The van der Waals surface area contributed by atoms with Gasteiger partial charge in [-0.05, 0) is 31.6 Å². The van der Waals surface area contributed by atoms with Crippen LogP contribution in [0.3, 0.4) is 0 Å². The maximum Gasteiger partial charge on any atom is 0.292 e. The Morgan fingerprint density at radius 2 is 2.23 bits per heavy atom. The zero-order valence-electron chi connectivity index (χ0n) is 12.3. The molecule has 4 rings (SSSR count). The van der Waals surface area contributed by atoms with E-state index in [1.54, 1.807) is 6.07 Å². The molecule has 1 saturated heterocycles. The fourth-order valence-electron chi connectivity index (χ4n) is 3.00. The fraction of sp³-hybridized carbons (Fsp3) is 0.600. The Balaban J connectivity index is 1.38. The molecule has 2 aromatic heterocycles. The number of amides is 1. The molecule has 3 heterocycles. The van der Waals surface area contributed by atoms with Crippen LogP contribution in [0, 0.1) is 5.92 Å². The van der Waals surface area contributed by atoms with Gasteiger partial charge in [-0.3, -0.25) is 4.79 Å². The Labute approximate surface area is 127 Å². The van der Waals surface area contributed by atoms with Crippen LogP contribution >= 0.6 is 0 Å². The van der Waals surface area contributed by atoms with Crippen molar-refractivity contribution in [2.45, 2.75) is 38.0 Å². The van der Waals surface area contributed by atoms with E-state index in [-0.39, 0.29) is 5.91 Å². The number of carbonyl (C=O) groups excluding carboxylic acids is 1. The highest BCUT2D eigenvalue weighted by atomic mass is 16.5. The second-order valence-corrected chi connectivity index (χ2v) is 6.16. The normalized spacial score (nSPS) is 22.0. The number of nitrogens with zero attached hydrogens (tertiary/aromatic N) is 4. The summed E-state index contributed by atoms with van der Waals surface area (Å²) in [5, 5.41) is 7.64. The summed E-state index contributed by atoms with van der Waals surface area (Å²) in [4.78, 5) is 18.6. The smallest absolute Gasteiger partial charge is 0.292 e. The average Bonchev–Trinajstić information content (AvgIpc) is 3.05. The molecule has 1 aliphatic heterocycles. The van der Waals surface area contributed by atoms with E-state index in [0.717, 1.165) is 31.6 Å². The van der Waals surface area contributed by atoms with Gasteiger partial charge in [-0.2, -0.15) is 4.98 Å². The van der Waals surface area contributed by atoms with Gasteiger partial charge in [0.2, 0.25) is 11.7 Å². The fourth-order valence-corrected chi connectivity index (χ4v) is 3.00. The molecule has 7 nitrogen and oxygen atoms in total. The Hall–Kier alpha value is -2.18. The first-order chi connectivity index (χ1) is 10.8. The molecule has 2 fully saturated rings. The number of aromatic nitrogens is 3. The number of hydrogen-bond acceptors (Lipinski definition) is 6. The first-order valence-corrected chi connectivity index (χ1v) is 7.82. The number of carbonyl (C=O) groups is 1. The van der Waals surface area contributed by atoms with Gasteiger partial charge in [0.1, 0.15) is 0 Å². The van der Waals surface area contributed by atoms with Crippen LogP contribution in [-0.4, -0.2) is 39.2 Å². The summed E-state index contributed by atoms with van der Waals surface area (Å²) >= 11 is 0. The maximum atomic E-state index is 12.3. The van der Waals surface area contributed by atoms with E-state index in [1.165, 1.54) is 19.0 Å². The number of piperidine rings is 1. The lowest BCUT2D eigenvalue weighted by molar-refractivity contribution is 0.0626. The van der Waals surface area contributed by atoms with Crippen molar-refractivity contribution in [3.05, 3.63) is 29.7 Å². The lowest BCUT2D eigenvalue weighted by Crippen LogP contribution is -2.40. The number of hydrogen-bond donors (Lipinski definition) is 0. The molecule has 1 amide bonds. The first-order valence-electron chi connectivity index (χ1n) is 7.82. The van der Waals surface area contributed by atoms with Crippen LogP contribution in [0.4, 0.5) is 0 Å². The van der Waals surface area contributed by atoms with E-state index < -0.39 is 0 Å². The molecule has 2 aliphatic rings. The minimum atomic E-state index is -0.0913. The van der Waals surface area contributed by atoms with E-state index in [9.17, 15) is 4.79 Å². The molecule has 0 N–H and O–H groups in total. The standard InChI is InChI=1S/C15H18N4O3/c20-15(12-5-6-16-21-12)19-7-1-2-10(9-19)8-13-17-14(18-22-13)11-3-4-11/h5-6,10-11H,1-4,7-9H2/t10-/m0/s1. The summed E-state index contributed by atoms with van der Waals surface area (Å²) in [5.74, 6) is 2.61. The monoisotopic (exact) mass is 302 g/mol. The van der Waals surface area contributed by atoms with Gasteiger partial charge < -0.3 is 13.9 Å². The topological polar surface area (TPSA) is 85.3 Å². The molecule has 1 atom stereocenters. The van der Waals surface area contributed by atoms with Gasteiger partial charge in [-0.15, -0.1) is 0 Å². The Bertz CT molecular complexity index is 648. The molecule has 2 aromatic rings. The van der Waals surface area contributed by atoms with Crippen molar-refractivity contribution >= 4 is 5.91 Å². The minimum Gasteiger partial charge on any atom is -0.351 e. The van der Waals surface area contributed by atoms with Crippen molar-refractivity contribution in [3.8, 4) is 0 Å². The summed E-state index contributed by atoms with van der Waals surface area (Å²) in [5.41, 5.74) is 0. The van der Waals surface area contributed by atoms with Crippen molar-refractivity contribution in [1.29, 1.82) is 0 Å². The van der Waals surface area contributed by atoms with Crippen LogP contribution in [-0.2, 0) is 6.42 Å². The molecule has 0 spiro atoms. The quantitative estimate of drug-likeness (QED) is 0.859. The van der Waals surface area contributed by atoms with Crippen LogP contribution in [0.15, 0.2) is 21.3 Å². The molecular formula is C15H18N4O3. The van der Waals surface area contributed by atoms with Gasteiger partial charge in [0.05, 0.1) is 6.20 Å². The lowest BCUT2D eigenvalue weighted by Gasteiger charge is -2.31. The zero-order chi connectivity index (χ0) is 14.9. The van der Waals surface area contributed by atoms with Crippen LogP contribution in [0.25, 0.3) is 0 Å². The van der Waals surface area contributed by atoms with Crippen molar-refractivity contribution in [3.63, 3.8) is 0 Å². The van der Waals surface area contributed by atoms with Gasteiger partial charge >= 0.3 is 0 Å².